The molecule has 0 bridgehead atoms. The van der Waals surface area contributed by atoms with Crippen LogP contribution in [-0.4, -0.2) is 44.2 Å². The third-order valence-corrected chi connectivity index (χ3v) is 5.26. The maximum Gasteiger partial charge on any atom is 0.259 e. The summed E-state index contributed by atoms with van der Waals surface area (Å²) in [5, 5.41) is 13.1. The average Bonchev–Trinajstić information content (AvgIpc) is 3.35. The highest BCUT2D eigenvalue weighted by Crippen LogP contribution is 2.30. The van der Waals surface area contributed by atoms with Crippen LogP contribution in [0.25, 0.3) is 11.3 Å². The van der Waals surface area contributed by atoms with E-state index in [1.807, 2.05) is 31.2 Å². The largest absolute Gasteiger partial charge is 0.496 e. The van der Waals surface area contributed by atoms with Crippen molar-refractivity contribution < 1.29 is 23.1 Å². The summed E-state index contributed by atoms with van der Waals surface area (Å²) in [7, 11) is 2.97. The molecule has 3 rings (SSSR count). The number of nitrogens with zero attached hydrogens (tertiary/aromatic N) is 1. The van der Waals surface area contributed by atoms with Gasteiger partial charge in [0.25, 0.3) is 5.91 Å². The van der Waals surface area contributed by atoms with Crippen LogP contribution >= 0.6 is 0 Å². The van der Waals surface area contributed by atoms with Crippen LogP contribution < -0.4 is 20.1 Å². The number of hydrogen-bond acceptors (Lipinski definition) is 6. The predicted octanol–water partition coefficient (Wildman–Crippen LogP) is 4.45. The van der Waals surface area contributed by atoms with Crippen molar-refractivity contribution in [3.05, 3.63) is 65.7 Å². The quantitative estimate of drug-likeness (QED) is 0.218. The van der Waals surface area contributed by atoms with Crippen LogP contribution in [0.3, 0.4) is 0 Å². The lowest BCUT2D eigenvalue weighted by Gasteiger charge is -2.18. The number of amidine groups is 1. The van der Waals surface area contributed by atoms with Crippen molar-refractivity contribution in [1.82, 2.24) is 15.6 Å². The van der Waals surface area contributed by atoms with Gasteiger partial charge in [0, 0.05) is 12.1 Å². The first-order valence-electron chi connectivity index (χ1n) is 10.9. The van der Waals surface area contributed by atoms with E-state index in [2.05, 4.69) is 15.6 Å². The summed E-state index contributed by atoms with van der Waals surface area (Å²) in [6.07, 6.45) is 2.61. The molecule has 0 aliphatic rings. The molecule has 1 heterocycles. The highest BCUT2D eigenvalue weighted by Gasteiger charge is 2.25. The molecular weight excluding hydrogens is 439 g/mol. The standard InChI is InChI=1S/C25H29FN4O4/c1-16-9-11-17(12-10-16)21-15-29-25(34-21)18(6-5-13-28-22(27)14-26)30-24(31)23-19(32-2)7-4-8-20(23)33-3/h4,7-12,15,18H,5-6,13-14H2,1-3H3,(H2,27,28)(H,30,31)/t18-/m0/s1. The van der Waals surface area contributed by atoms with Crippen molar-refractivity contribution in [1.29, 1.82) is 5.41 Å². The van der Waals surface area contributed by atoms with Gasteiger partial charge in [0.2, 0.25) is 5.89 Å². The Kier molecular flexibility index (Phi) is 8.61. The second-order valence-corrected chi connectivity index (χ2v) is 7.67. The topological polar surface area (TPSA) is 109 Å². The maximum atomic E-state index is 13.2. The number of methoxy groups -OCH3 is 2. The number of benzene rings is 2. The Bertz CT molecular complexity index is 1090. The maximum absolute atomic E-state index is 13.2. The predicted molar refractivity (Wildman–Crippen MR) is 127 cm³/mol. The minimum atomic E-state index is -0.854. The molecule has 1 amide bonds. The first-order chi connectivity index (χ1) is 16.5. The van der Waals surface area contributed by atoms with Gasteiger partial charge in [-0.1, -0.05) is 35.9 Å². The van der Waals surface area contributed by atoms with E-state index in [-0.39, 0.29) is 11.4 Å². The van der Waals surface area contributed by atoms with E-state index >= 15 is 0 Å². The van der Waals surface area contributed by atoms with Crippen molar-refractivity contribution in [2.45, 2.75) is 25.8 Å². The second kappa shape index (κ2) is 11.8. The van der Waals surface area contributed by atoms with Crippen molar-refractivity contribution in [2.75, 3.05) is 27.4 Å². The summed E-state index contributed by atoms with van der Waals surface area (Å²) in [5.74, 6) is 1.10. The van der Waals surface area contributed by atoms with E-state index in [1.165, 1.54) is 14.2 Å². The number of aryl methyl sites for hydroxylation is 1. The molecule has 0 radical (unpaired) electrons. The van der Waals surface area contributed by atoms with Gasteiger partial charge in [-0.15, -0.1) is 0 Å². The number of hydrogen-bond donors (Lipinski definition) is 3. The Labute approximate surface area is 198 Å². The molecule has 34 heavy (non-hydrogen) atoms. The number of amides is 1. The summed E-state index contributed by atoms with van der Waals surface area (Å²) in [5.41, 5.74) is 2.27. The SMILES string of the molecule is COc1cccc(OC)c1C(=O)N[C@@H](CCCNC(=N)CF)c1ncc(-c2ccc(C)cc2)o1. The van der Waals surface area contributed by atoms with E-state index in [0.717, 1.165) is 11.1 Å². The van der Waals surface area contributed by atoms with Gasteiger partial charge in [0.05, 0.1) is 20.4 Å². The molecule has 1 aromatic heterocycles. The van der Waals surface area contributed by atoms with E-state index < -0.39 is 18.6 Å². The summed E-state index contributed by atoms with van der Waals surface area (Å²) in [6.45, 7) is 1.52. The number of carbonyl (C=O) groups is 1. The highest BCUT2D eigenvalue weighted by atomic mass is 19.1. The summed E-state index contributed by atoms with van der Waals surface area (Å²) < 4.78 is 29.3. The summed E-state index contributed by atoms with van der Waals surface area (Å²) in [6, 6.07) is 12.4. The fraction of sp³-hybridized carbons (Fsp3) is 0.320. The Morgan fingerprint density at radius 1 is 1.15 bits per heavy atom. The third kappa shape index (κ3) is 6.12. The molecule has 0 aliphatic heterocycles. The number of carbonyl (C=O) groups excluding carboxylic acids is 1. The van der Waals surface area contributed by atoms with E-state index in [9.17, 15) is 9.18 Å². The van der Waals surface area contributed by atoms with Gasteiger partial charge >= 0.3 is 0 Å². The molecule has 3 N–H and O–H groups in total. The summed E-state index contributed by atoms with van der Waals surface area (Å²) >= 11 is 0. The molecule has 9 heteroatoms. The van der Waals surface area contributed by atoms with Crippen LogP contribution in [0.4, 0.5) is 4.39 Å². The van der Waals surface area contributed by atoms with Crippen LogP contribution in [0.15, 0.2) is 53.1 Å². The number of aromatic nitrogens is 1. The molecule has 180 valence electrons. The second-order valence-electron chi connectivity index (χ2n) is 7.67. The van der Waals surface area contributed by atoms with Crippen molar-refractivity contribution in [3.63, 3.8) is 0 Å². The van der Waals surface area contributed by atoms with Crippen molar-refractivity contribution >= 4 is 11.7 Å². The first-order valence-corrected chi connectivity index (χ1v) is 10.9. The zero-order valence-corrected chi connectivity index (χ0v) is 19.5. The Balaban J connectivity index is 1.84. The number of halogens is 1. The molecule has 0 saturated heterocycles. The molecule has 0 saturated carbocycles. The number of ether oxygens (including phenoxy) is 2. The number of alkyl halides is 1. The van der Waals surface area contributed by atoms with Gasteiger partial charge in [0.15, 0.2) is 5.76 Å². The van der Waals surface area contributed by atoms with Gasteiger partial charge in [0.1, 0.15) is 35.6 Å². The van der Waals surface area contributed by atoms with Gasteiger partial charge in [-0.3, -0.25) is 10.2 Å². The Morgan fingerprint density at radius 2 is 1.82 bits per heavy atom. The Morgan fingerprint density at radius 3 is 2.44 bits per heavy atom. The van der Waals surface area contributed by atoms with Crippen LogP contribution in [0, 0.1) is 12.3 Å². The zero-order valence-electron chi connectivity index (χ0n) is 19.5. The Hall–Kier alpha value is -3.88. The highest BCUT2D eigenvalue weighted by molar-refractivity contribution is 5.99. The van der Waals surface area contributed by atoms with Crippen molar-refractivity contribution in [2.24, 2.45) is 0 Å². The fourth-order valence-electron chi connectivity index (χ4n) is 3.46. The van der Waals surface area contributed by atoms with Crippen LogP contribution in [-0.2, 0) is 0 Å². The molecule has 2 aromatic carbocycles. The average molecular weight is 469 g/mol. The van der Waals surface area contributed by atoms with Crippen molar-refractivity contribution in [3.8, 4) is 22.8 Å². The molecular formula is C25H29FN4O4. The van der Waals surface area contributed by atoms with Crippen LogP contribution in [0.2, 0.25) is 0 Å². The molecule has 0 unspecified atom stereocenters. The lowest BCUT2D eigenvalue weighted by Crippen LogP contribution is -2.31. The minimum Gasteiger partial charge on any atom is -0.496 e. The third-order valence-electron chi connectivity index (χ3n) is 5.26. The normalized spacial score (nSPS) is 11.5. The van der Waals surface area contributed by atoms with Crippen LogP contribution in [0.5, 0.6) is 11.5 Å². The van der Waals surface area contributed by atoms with Gasteiger partial charge < -0.3 is 24.5 Å². The minimum absolute atomic E-state index is 0.183. The number of nitrogens with one attached hydrogen (secondary N) is 3. The molecule has 0 spiro atoms. The summed E-state index contributed by atoms with van der Waals surface area (Å²) in [4.78, 5) is 17.7. The molecule has 1 atom stereocenters. The van der Waals surface area contributed by atoms with Gasteiger partial charge in [-0.25, -0.2) is 9.37 Å². The first kappa shape index (κ1) is 24.8. The lowest BCUT2D eigenvalue weighted by molar-refractivity contribution is 0.0921. The van der Waals surface area contributed by atoms with E-state index in [4.69, 9.17) is 19.3 Å². The fourth-order valence-corrected chi connectivity index (χ4v) is 3.46. The van der Waals surface area contributed by atoms with E-state index in [0.29, 0.717) is 42.5 Å². The zero-order chi connectivity index (χ0) is 24.5. The molecule has 3 aromatic rings. The molecule has 0 fully saturated rings. The number of rotatable bonds is 11. The smallest absolute Gasteiger partial charge is 0.259 e. The van der Waals surface area contributed by atoms with Crippen LogP contribution in [0.1, 0.15) is 40.7 Å². The monoisotopic (exact) mass is 468 g/mol. The number of oxazole rings is 1. The van der Waals surface area contributed by atoms with Gasteiger partial charge in [-0.05, 0) is 31.9 Å². The van der Waals surface area contributed by atoms with E-state index in [1.54, 1.807) is 24.4 Å². The molecule has 0 aliphatic carbocycles. The van der Waals surface area contributed by atoms with Gasteiger partial charge in [-0.2, -0.15) is 0 Å². The lowest BCUT2D eigenvalue weighted by atomic mass is 10.1. The molecule has 8 nitrogen and oxygen atoms in total.